The van der Waals surface area contributed by atoms with Gasteiger partial charge in [-0.05, 0) is 22.0 Å². The first kappa shape index (κ1) is 10.3. The summed E-state index contributed by atoms with van der Waals surface area (Å²) in [7, 11) is 0. The molecule has 15 heavy (non-hydrogen) atoms. The molecule has 2 rings (SSSR count). The number of halogens is 2. The zero-order valence-corrected chi connectivity index (χ0v) is 9.15. The van der Waals surface area contributed by atoms with Crippen LogP contribution in [0.1, 0.15) is 5.56 Å². The van der Waals surface area contributed by atoms with Crippen LogP contribution in [0, 0.1) is 5.82 Å². The van der Waals surface area contributed by atoms with Crippen LogP contribution in [0.25, 0.3) is 5.82 Å². The van der Waals surface area contributed by atoms with Crippen molar-refractivity contribution in [2.45, 2.75) is 6.61 Å². The zero-order valence-electron chi connectivity index (χ0n) is 7.56. The van der Waals surface area contributed by atoms with E-state index in [0.717, 1.165) is 10.7 Å². The second-order valence-electron chi connectivity index (χ2n) is 2.90. The van der Waals surface area contributed by atoms with Gasteiger partial charge in [-0.15, -0.1) is 0 Å². The van der Waals surface area contributed by atoms with Gasteiger partial charge < -0.3 is 5.11 Å². The van der Waals surface area contributed by atoms with E-state index in [4.69, 9.17) is 5.11 Å². The lowest BCUT2D eigenvalue weighted by Gasteiger charge is -2.05. The van der Waals surface area contributed by atoms with E-state index in [1.165, 1.54) is 10.7 Å². The quantitative estimate of drug-likeness (QED) is 0.904. The molecule has 0 saturated carbocycles. The van der Waals surface area contributed by atoms with Gasteiger partial charge >= 0.3 is 0 Å². The van der Waals surface area contributed by atoms with E-state index in [1.807, 2.05) is 0 Å². The van der Waals surface area contributed by atoms with Gasteiger partial charge in [0, 0.05) is 11.8 Å². The van der Waals surface area contributed by atoms with Crippen LogP contribution in [0.3, 0.4) is 0 Å². The highest BCUT2D eigenvalue weighted by molar-refractivity contribution is 9.10. The molecule has 1 N–H and O–H groups in total. The molecule has 6 heteroatoms. The Morgan fingerprint density at radius 1 is 1.47 bits per heavy atom. The minimum Gasteiger partial charge on any atom is -0.392 e. The zero-order chi connectivity index (χ0) is 10.8. The Hall–Kier alpha value is -1.27. The number of hydrogen-bond acceptors (Lipinski definition) is 3. The van der Waals surface area contributed by atoms with Gasteiger partial charge in [-0.2, -0.15) is 5.10 Å². The van der Waals surface area contributed by atoms with Crippen LogP contribution in [0.5, 0.6) is 0 Å². The lowest BCUT2D eigenvalue weighted by Crippen LogP contribution is -2.03. The molecule has 0 atom stereocenters. The minimum atomic E-state index is -0.478. The van der Waals surface area contributed by atoms with Crippen LogP contribution in [0.15, 0.2) is 29.1 Å². The SMILES string of the molecule is OCc1cc(F)cnc1-n1cc(Br)cn1. The average Bonchev–Trinajstić information content (AvgIpc) is 2.64. The summed E-state index contributed by atoms with van der Waals surface area (Å²) in [5, 5.41) is 13.0. The normalized spacial score (nSPS) is 10.6. The molecule has 0 aliphatic heterocycles. The standard InChI is InChI=1S/C9H7BrFN3O/c10-7-2-13-14(4-7)9-6(5-15)1-8(11)3-12-9/h1-4,15H,5H2. The van der Waals surface area contributed by atoms with Crippen LogP contribution in [-0.4, -0.2) is 19.9 Å². The van der Waals surface area contributed by atoms with Crippen molar-refractivity contribution in [3.8, 4) is 5.82 Å². The largest absolute Gasteiger partial charge is 0.392 e. The fraction of sp³-hybridized carbons (Fsp3) is 0.111. The Labute approximate surface area is 93.5 Å². The third kappa shape index (κ3) is 2.05. The van der Waals surface area contributed by atoms with Crippen molar-refractivity contribution in [2.24, 2.45) is 0 Å². The molecule has 0 bridgehead atoms. The Bertz CT molecular complexity index is 486. The molecule has 2 aromatic rings. The Morgan fingerprint density at radius 3 is 2.87 bits per heavy atom. The van der Waals surface area contributed by atoms with Gasteiger partial charge in [0.25, 0.3) is 0 Å². The number of aliphatic hydroxyl groups is 1. The van der Waals surface area contributed by atoms with E-state index >= 15 is 0 Å². The molecular weight excluding hydrogens is 265 g/mol. The molecule has 0 radical (unpaired) electrons. The van der Waals surface area contributed by atoms with E-state index in [0.29, 0.717) is 11.4 Å². The third-order valence-corrected chi connectivity index (χ3v) is 2.26. The van der Waals surface area contributed by atoms with E-state index < -0.39 is 5.82 Å². The lowest BCUT2D eigenvalue weighted by atomic mass is 10.2. The predicted octanol–water partition coefficient (Wildman–Crippen LogP) is 1.66. The summed E-state index contributed by atoms with van der Waals surface area (Å²) in [6.07, 6.45) is 4.36. The molecule has 78 valence electrons. The van der Waals surface area contributed by atoms with Crippen molar-refractivity contribution < 1.29 is 9.50 Å². The third-order valence-electron chi connectivity index (χ3n) is 1.85. The number of pyridine rings is 1. The highest BCUT2D eigenvalue weighted by Crippen LogP contribution is 2.15. The van der Waals surface area contributed by atoms with Crippen molar-refractivity contribution >= 4 is 15.9 Å². The fourth-order valence-electron chi connectivity index (χ4n) is 1.21. The molecule has 0 aliphatic carbocycles. The van der Waals surface area contributed by atoms with Crippen molar-refractivity contribution in [1.29, 1.82) is 0 Å². The fourth-order valence-corrected chi connectivity index (χ4v) is 1.50. The predicted molar refractivity (Wildman–Crippen MR) is 54.9 cm³/mol. The van der Waals surface area contributed by atoms with Gasteiger partial charge in [-0.1, -0.05) is 0 Å². The van der Waals surface area contributed by atoms with Gasteiger partial charge in [-0.25, -0.2) is 14.1 Å². The van der Waals surface area contributed by atoms with Crippen molar-refractivity contribution in [1.82, 2.24) is 14.8 Å². The maximum atomic E-state index is 12.8. The average molecular weight is 272 g/mol. The number of aliphatic hydroxyl groups excluding tert-OH is 1. The van der Waals surface area contributed by atoms with Gasteiger partial charge in [0.15, 0.2) is 5.82 Å². The summed E-state index contributed by atoms with van der Waals surface area (Å²) in [4.78, 5) is 3.88. The molecule has 0 spiro atoms. The molecule has 0 saturated heterocycles. The highest BCUT2D eigenvalue weighted by Gasteiger charge is 2.08. The van der Waals surface area contributed by atoms with Crippen molar-refractivity contribution in [2.75, 3.05) is 0 Å². The maximum Gasteiger partial charge on any atom is 0.159 e. The number of nitrogens with zero attached hydrogens (tertiary/aromatic N) is 3. The van der Waals surface area contributed by atoms with Crippen molar-refractivity contribution in [3.05, 3.63) is 40.5 Å². The second-order valence-corrected chi connectivity index (χ2v) is 3.81. The van der Waals surface area contributed by atoms with Crippen molar-refractivity contribution in [3.63, 3.8) is 0 Å². The molecule has 0 fully saturated rings. The summed E-state index contributed by atoms with van der Waals surface area (Å²) in [5.74, 6) is -0.0568. The molecule has 0 aliphatic rings. The monoisotopic (exact) mass is 271 g/mol. The molecule has 0 amide bonds. The van der Waals surface area contributed by atoms with E-state index in [1.54, 1.807) is 12.4 Å². The van der Waals surface area contributed by atoms with E-state index in [2.05, 4.69) is 26.0 Å². The van der Waals surface area contributed by atoms with Crippen LogP contribution in [-0.2, 0) is 6.61 Å². The Morgan fingerprint density at radius 2 is 2.27 bits per heavy atom. The summed E-state index contributed by atoms with van der Waals surface area (Å²) in [5.41, 5.74) is 0.394. The molecule has 0 aromatic carbocycles. The number of aromatic nitrogens is 3. The lowest BCUT2D eigenvalue weighted by molar-refractivity contribution is 0.280. The molecule has 2 aromatic heterocycles. The van der Waals surface area contributed by atoms with Crippen LogP contribution >= 0.6 is 15.9 Å². The van der Waals surface area contributed by atoms with Gasteiger partial charge in [0.1, 0.15) is 5.82 Å². The molecule has 2 heterocycles. The molecule has 4 nitrogen and oxygen atoms in total. The topological polar surface area (TPSA) is 50.9 Å². The summed E-state index contributed by atoms with van der Waals surface area (Å²) < 4.78 is 15.1. The van der Waals surface area contributed by atoms with Gasteiger partial charge in [0.2, 0.25) is 0 Å². The van der Waals surface area contributed by atoms with Gasteiger partial charge in [0.05, 0.1) is 23.5 Å². The van der Waals surface area contributed by atoms with E-state index in [-0.39, 0.29) is 6.61 Å². The minimum absolute atomic E-state index is 0.280. The Kier molecular flexibility index (Phi) is 2.79. The maximum absolute atomic E-state index is 12.8. The first-order valence-corrected chi connectivity index (χ1v) is 4.96. The first-order valence-electron chi connectivity index (χ1n) is 4.16. The van der Waals surface area contributed by atoms with Crippen LogP contribution < -0.4 is 0 Å². The molecular formula is C9H7BrFN3O. The summed E-state index contributed by atoms with van der Waals surface area (Å²) in [6, 6.07) is 1.23. The van der Waals surface area contributed by atoms with Crippen LogP contribution in [0.4, 0.5) is 4.39 Å². The number of rotatable bonds is 2. The number of hydrogen-bond donors (Lipinski definition) is 1. The van der Waals surface area contributed by atoms with Crippen LogP contribution in [0.2, 0.25) is 0 Å². The summed E-state index contributed by atoms with van der Waals surface area (Å²) >= 11 is 3.24. The Balaban J connectivity index is 2.52. The smallest absolute Gasteiger partial charge is 0.159 e. The first-order chi connectivity index (χ1) is 7.20. The summed E-state index contributed by atoms with van der Waals surface area (Å²) in [6.45, 7) is -0.280. The van der Waals surface area contributed by atoms with Gasteiger partial charge in [-0.3, -0.25) is 0 Å². The van der Waals surface area contributed by atoms with E-state index in [9.17, 15) is 4.39 Å². The second kappa shape index (κ2) is 4.08. The highest BCUT2D eigenvalue weighted by atomic mass is 79.9. The molecule has 0 unspecified atom stereocenters.